The normalized spacial score (nSPS) is 11.4. The zero-order chi connectivity index (χ0) is 18.8. The predicted octanol–water partition coefficient (Wildman–Crippen LogP) is 4.22. The number of aromatic nitrogens is 4. The van der Waals surface area contributed by atoms with Crippen LogP contribution in [0.25, 0.3) is 22.8 Å². The molecular weight excluding hydrogens is 373 g/mol. The summed E-state index contributed by atoms with van der Waals surface area (Å²) < 4.78 is 19.8. The number of rotatable bonds is 5. The number of nitrogens with zero attached hydrogens (tertiary/aromatic N) is 5. The molecule has 0 radical (unpaired) electrons. The second kappa shape index (κ2) is 7.00. The van der Waals surface area contributed by atoms with Gasteiger partial charge >= 0.3 is 5.88 Å². The van der Waals surface area contributed by atoms with Crippen LogP contribution in [0, 0.1) is 15.9 Å². The van der Waals surface area contributed by atoms with Crippen LogP contribution < -0.4 is 0 Å². The molecular formula is C17H10FN5O3S. The number of hydrogen-bond acceptors (Lipinski definition) is 7. The van der Waals surface area contributed by atoms with Crippen LogP contribution in [0.5, 0.6) is 0 Å². The van der Waals surface area contributed by atoms with E-state index in [9.17, 15) is 14.5 Å². The van der Waals surface area contributed by atoms with Gasteiger partial charge in [-0.1, -0.05) is 11.8 Å². The maximum Gasteiger partial charge on any atom is 0.433 e. The summed E-state index contributed by atoms with van der Waals surface area (Å²) in [6, 6.07) is 8.73. The molecule has 134 valence electrons. The number of benzene rings is 1. The first-order valence-electron chi connectivity index (χ1n) is 7.64. The Morgan fingerprint density at radius 2 is 2.00 bits per heavy atom. The lowest BCUT2D eigenvalue weighted by atomic mass is 10.3. The third kappa shape index (κ3) is 3.42. The maximum absolute atomic E-state index is 13.1. The molecule has 0 spiro atoms. The summed E-state index contributed by atoms with van der Waals surface area (Å²) in [4.78, 5) is 18.5. The summed E-state index contributed by atoms with van der Waals surface area (Å²) in [5.74, 6) is -0.282. The Labute approximate surface area is 155 Å². The van der Waals surface area contributed by atoms with E-state index in [1.807, 2.05) is 0 Å². The van der Waals surface area contributed by atoms with Crippen molar-refractivity contribution in [1.29, 1.82) is 0 Å². The Morgan fingerprint density at radius 3 is 2.74 bits per heavy atom. The topological polar surface area (TPSA) is 99.9 Å². The van der Waals surface area contributed by atoms with Crippen LogP contribution in [0.1, 0.15) is 5.76 Å². The zero-order valence-corrected chi connectivity index (χ0v) is 14.3. The van der Waals surface area contributed by atoms with Gasteiger partial charge in [-0.2, -0.15) is 5.10 Å². The van der Waals surface area contributed by atoms with Gasteiger partial charge in [0.2, 0.25) is 0 Å². The SMILES string of the molecule is O=[N+]([O-])c1ccc(/C=C/Sc2ncnc3c2cnn3-c2ccc(F)cc2)o1. The fourth-order valence-electron chi connectivity index (χ4n) is 2.38. The van der Waals surface area contributed by atoms with E-state index in [0.717, 1.165) is 5.39 Å². The quantitative estimate of drug-likeness (QED) is 0.220. The van der Waals surface area contributed by atoms with Crippen molar-refractivity contribution in [2.75, 3.05) is 0 Å². The van der Waals surface area contributed by atoms with Crippen molar-refractivity contribution in [2.45, 2.75) is 5.03 Å². The molecule has 0 atom stereocenters. The fraction of sp³-hybridized carbons (Fsp3) is 0. The standard InChI is InChI=1S/C17H10FN5O3S/c18-11-1-3-12(4-2-11)22-16-14(9-21-22)17(20-10-19-16)27-8-7-13-5-6-15(26-13)23(24)25/h1-10H/b8-7+. The molecule has 0 saturated carbocycles. The first-order chi connectivity index (χ1) is 13.1. The molecule has 0 amide bonds. The van der Waals surface area contributed by atoms with E-state index in [4.69, 9.17) is 4.42 Å². The Morgan fingerprint density at radius 1 is 1.19 bits per heavy atom. The van der Waals surface area contributed by atoms with Crippen LogP contribution in [-0.4, -0.2) is 24.7 Å². The predicted molar refractivity (Wildman–Crippen MR) is 96.9 cm³/mol. The number of thioether (sulfide) groups is 1. The van der Waals surface area contributed by atoms with Crippen molar-refractivity contribution in [3.8, 4) is 5.69 Å². The Balaban J connectivity index is 1.60. The summed E-state index contributed by atoms with van der Waals surface area (Å²) in [6.45, 7) is 0. The minimum Gasteiger partial charge on any atom is -0.401 e. The molecule has 0 saturated heterocycles. The van der Waals surface area contributed by atoms with E-state index in [1.54, 1.807) is 34.5 Å². The van der Waals surface area contributed by atoms with Gasteiger partial charge in [-0.25, -0.2) is 19.0 Å². The third-order valence-electron chi connectivity index (χ3n) is 3.60. The molecule has 3 heterocycles. The highest BCUT2D eigenvalue weighted by molar-refractivity contribution is 8.02. The van der Waals surface area contributed by atoms with Crippen LogP contribution in [-0.2, 0) is 0 Å². The minimum absolute atomic E-state index is 0.315. The van der Waals surface area contributed by atoms with Crippen LogP contribution in [0.15, 0.2) is 63.8 Å². The highest BCUT2D eigenvalue weighted by Gasteiger charge is 2.12. The summed E-state index contributed by atoms with van der Waals surface area (Å²) in [5.41, 5.74) is 1.26. The number of halogens is 1. The van der Waals surface area contributed by atoms with E-state index < -0.39 is 4.92 Å². The van der Waals surface area contributed by atoms with Gasteiger partial charge in [0.15, 0.2) is 5.65 Å². The summed E-state index contributed by atoms with van der Waals surface area (Å²) in [5, 5.41) is 18.0. The molecule has 1 aromatic carbocycles. The molecule has 0 aliphatic heterocycles. The first-order valence-corrected chi connectivity index (χ1v) is 8.52. The molecule has 4 rings (SSSR count). The van der Waals surface area contributed by atoms with E-state index in [1.165, 1.54) is 42.4 Å². The number of fused-ring (bicyclic) bond motifs is 1. The van der Waals surface area contributed by atoms with Crippen LogP contribution in [0.2, 0.25) is 0 Å². The average Bonchev–Trinajstić information content (AvgIpc) is 3.30. The van der Waals surface area contributed by atoms with Crippen molar-refractivity contribution in [3.05, 3.63) is 76.0 Å². The number of hydrogen-bond donors (Lipinski definition) is 0. The van der Waals surface area contributed by atoms with Gasteiger partial charge in [-0.15, -0.1) is 0 Å². The Kier molecular flexibility index (Phi) is 4.38. The smallest absolute Gasteiger partial charge is 0.401 e. The van der Waals surface area contributed by atoms with Crippen molar-refractivity contribution in [1.82, 2.24) is 19.7 Å². The fourth-order valence-corrected chi connectivity index (χ4v) is 3.09. The molecule has 0 aliphatic carbocycles. The Bertz CT molecular complexity index is 1150. The van der Waals surface area contributed by atoms with Gasteiger partial charge in [-0.05, 0) is 41.8 Å². The van der Waals surface area contributed by atoms with Gasteiger partial charge in [0.1, 0.15) is 27.9 Å². The van der Waals surface area contributed by atoms with Crippen LogP contribution in [0.4, 0.5) is 10.3 Å². The monoisotopic (exact) mass is 383 g/mol. The third-order valence-corrected chi connectivity index (χ3v) is 4.43. The summed E-state index contributed by atoms with van der Waals surface area (Å²) in [7, 11) is 0. The van der Waals surface area contributed by atoms with Gasteiger partial charge in [-0.3, -0.25) is 10.1 Å². The Hall–Kier alpha value is -3.53. The van der Waals surface area contributed by atoms with Gasteiger partial charge < -0.3 is 4.42 Å². The maximum atomic E-state index is 13.1. The highest BCUT2D eigenvalue weighted by atomic mass is 32.2. The van der Waals surface area contributed by atoms with Crippen LogP contribution >= 0.6 is 11.8 Å². The van der Waals surface area contributed by atoms with E-state index >= 15 is 0 Å². The van der Waals surface area contributed by atoms with Crippen molar-refractivity contribution >= 4 is 34.8 Å². The van der Waals surface area contributed by atoms with Gasteiger partial charge in [0.05, 0.1) is 23.3 Å². The van der Waals surface area contributed by atoms with E-state index in [0.29, 0.717) is 22.1 Å². The minimum atomic E-state index is -0.595. The van der Waals surface area contributed by atoms with E-state index in [2.05, 4.69) is 15.1 Å². The molecule has 8 nitrogen and oxygen atoms in total. The number of furan rings is 1. The first kappa shape index (κ1) is 16.9. The molecule has 3 aromatic heterocycles. The van der Waals surface area contributed by atoms with Crippen molar-refractivity contribution < 1.29 is 13.7 Å². The van der Waals surface area contributed by atoms with Crippen molar-refractivity contribution in [3.63, 3.8) is 0 Å². The molecule has 0 N–H and O–H groups in total. The average molecular weight is 383 g/mol. The second-order valence-corrected chi connectivity index (χ2v) is 6.20. The summed E-state index contributed by atoms with van der Waals surface area (Å²) >= 11 is 1.30. The van der Waals surface area contributed by atoms with Crippen molar-refractivity contribution in [2.24, 2.45) is 0 Å². The molecule has 0 unspecified atom stereocenters. The molecule has 0 bridgehead atoms. The molecule has 27 heavy (non-hydrogen) atoms. The van der Waals surface area contributed by atoms with E-state index in [-0.39, 0.29) is 11.7 Å². The second-order valence-electron chi connectivity index (χ2n) is 5.30. The summed E-state index contributed by atoms with van der Waals surface area (Å²) in [6.07, 6.45) is 4.65. The lowest BCUT2D eigenvalue weighted by molar-refractivity contribution is -0.402. The molecule has 0 aliphatic rings. The lowest BCUT2D eigenvalue weighted by Crippen LogP contribution is -1.97. The number of nitro groups is 1. The lowest BCUT2D eigenvalue weighted by Gasteiger charge is -2.03. The largest absolute Gasteiger partial charge is 0.433 e. The highest BCUT2D eigenvalue weighted by Crippen LogP contribution is 2.27. The molecule has 0 fully saturated rings. The van der Waals surface area contributed by atoms with Gasteiger partial charge in [0.25, 0.3) is 0 Å². The van der Waals surface area contributed by atoms with Gasteiger partial charge in [0, 0.05) is 0 Å². The zero-order valence-electron chi connectivity index (χ0n) is 13.5. The molecule has 10 heteroatoms. The van der Waals surface area contributed by atoms with Crippen LogP contribution in [0.3, 0.4) is 0 Å². The molecule has 4 aromatic rings.